The zero-order valence-electron chi connectivity index (χ0n) is 15.0. The van der Waals surface area contributed by atoms with Crippen molar-refractivity contribution in [1.82, 2.24) is 4.98 Å². The van der Waals surface area contributed by atoms with Gasteiger partial charge in [0.1, 0.15) is 5.15 Å². The van der Waals surface area contributed by atoms with Crippen LogP contribution in [0.1, 0.15) is 41.5 Å². The van der Waals surface area contributed by atoms with Crippen molar-refractivity contribution in [2.45, 2.75) is 26.9 Å². The molecule has 0 aliphatic rings. The molecular weight excluding hydrogens is 391 g/mol. The topological polar surface area (TPSA) is 85.4 Å². The molecule has 1 amide bonds. The summed E-state index contributed by atoms with van der Waals surface area (Å²) in [5.41, 5.74) is 1.03. The van der Waals surface area contributed by atoms with Gasteiger partial charge in [-0.25, -0.2) is 9.78 Å². The molecule has 0 saturated carbocycles. The standard InChI is InChI=1S/C19H18Cl2N2O4/c1-10(2)18(25)23-14-6-4-12(5-7-14)16(24)11(3)27-19(26)13-8-15(20)17(21)22-9-13/h4-11H,1-3H3,(H,23,25). The normalized spacial score (nSPS) is 11.8. The fraction of sp³-hybridized carbons (Fsp3) is 0.263. The molecule has 2 aromatic rings. The minimum absolute atomic E-state index is 0.0713. The number of ether oxygens (including phenoxy) is 1. The summed E-state index contributed by atoms with van der Waals surface area (Å²) in [5.74, 6) is -1.38. The molecule has 1 unspecified atom stereocenters. The van der Waals surface area contributed by atoms with Crippen LogP contribution in [0.3, 0.4) is 0 Å². The van der Waals surface area contributed by atoms with Gasteiger partial charge in [0.05, 0.1) is 10.6 Å². The third kappa shape index (κ3) is 5.52. The second kappa shape index (κ2) is 8.97. The highest BCUT2D eigenvalue weighted by molar-refractivity contribution is 6.41. The fourth-order valence-corrected chi connectivity index (χ4v) is 2.32. The molecule has 1 aromatic heterocycles. The zero-order chi connectivity index (χ0) is 20.1. The van der Waals surface area contributed by atoms with Crippen LogP contribution in [0.15, 0.2) is 36.5 Å². The lowest BCUT2D eigenvalue weighted by atomic mass is 10.1. The van der Waals surface area contributed by atoms with Gasteiger partial charge in [0.15, 0.2) is 6.10 Å². The number of rotatable bonds is 6. The Hall–Kier alpha value is -2.44. The monoisotopic (exact) mass is 408 g/mol. The van der Waals surface area contributed by atoms with Crippen molar-refractivity contribution >= 4 is 46.5 Å². The second-order valence-corrected chi connectivity index (χ2v) is 6.89. The van der Waals surface area contributed by atoms with Gasteiger partial charge in [0.2, 0.25) is 11.7 Å². The van der Waals surface area contributed by atoms with Gasteiger partial charge >= 0.3 is 5.97 Å². The molecule has 27 heavy (non-hydrogen) atoms. The molecule has 0 fully saturated rings. The SMILES string of the molecule is CC(C)C(=O)Nc1ccc(C(=O)C(C)OC(=O)c2cnc(Cl)c(Cl)c2)cc1. The van der Waals surface area contributed by atoms with Gasteiger partial charge in [-0.2, -0.15) is 0 Å². The fourth-order valence-electron chi connectivity index (χ4n) is 2.05. The Kier molecular flexibility index (Phi) is 6.93. The Morgan fingerprint density at radius 3 is 2.22 bits per heavy atom. The van der Waals surface area contributed by atoms with E-state index in [-0.39, 0.29) is 33.3 Å². The lowest BCUT2D eigenvalue weighted by Gasteiger charge is -2.13. The molecule has 0 spiro atoms. The number of amides is 1. The molecule has 0 saturated heterocycles. The van der Waals surface area contributed by atoms with Gasteiger partial charge in [-0.1, -0.05) is 37.0 Å². The first-order valence-corrected chi connectivity index (χ1v) is 8.91. The minimum atomic E-state index is -1.01. The molecule has 1 N–H and O–H groups in total. The molecule has 0 aliphatic carbocycles. The predicted octanol–water partition coefficient (Wildman–Crippen LogP) is 4.41. The van der Waals surface area contributed by atoms with Gasteiger partial charge < -0.3 is 10.1 Å². The van der Waals surface area contributed by atoms with Crippen LogP contribution in [0.5, 0.6) is 0 Å². The largest absolute Gasteiger partial charge is 0.451 e. The molecule has 142 valence electrons. The van der Waals surface area contributed by atoms with Crippen LogP contribution in [0.25, 0.3) is 0 Å². The van der Waals surface area contributed by atoms with E-state index in [0.29, 0.717) is 11.3 Å². The van der Waals surface area contributed by atoms with Gasteiger partial charge in [0, 0.05) is 23.4 Å². The number of carbonyl (C=O) groups excluding carboxylic acids is 3. The number of Topliss-reactive ketones (excluding diaryl/α,β-unsaturated/α-hetero) is 1. The Balaban J connectivity index is 2.02. The number of aromatic nitrogens is 1. The highest BCUT2D eigenvalue weighted by Gasteiger charge is 2.21. The van der Waals surface area contributed by atoms with Crippen LogP contribution < -0.4 is 5.32 Å². The van der Waals surface area contributed by atoms with Crippen molar-refractivity contribution in [3.8, 4) is 0 Å². The van der Waals surface area contributed by atoms with Gasteiger partial charge in [-0.15, -0.1) is 0 Å². The maximum atomic E-state index is 12.4. The zero-order valence-corrected chi connectivity index (χ0v) is 16.5. The molecule has 1 atom stereocenters. The Morgan fingerprint density at radius 1 is 1.04 bits per heavy atom. The van der Waals surface area contributed by atoms with Crippen LogP contribution in [-0.2, 0) is 9.53 Å². The van der Waals surface area contributed by atoms with Crippen LogP contribution in [-0.4, -0.2) is 28.7 Å². The van der Waals surface area contributed by atoms with Gasteiger partial charge in [0.25, 0.3) is 0 Å². The number of nitrogens with one attached hydrogen (secondary N) is 1. The number of ketones is 1. The number of pyridine rings is 1. The second-order valence-electron chi connectivity index (χ2n) is 6.13. The summed E-state index contributed by atoms with van der Waals surface area (Å²) in [6.07, 6.45) is 0.211. The van der Waals surface area contributed by atoms with Crippen LogP contribution in [0, 0.1) is 5.92 Å². The number of benzene rings is 1. The van der Waals surface area contributed by atoms with E-state index in [4.69, 9.17) is 27.9 Å². The molecule has 6 nitrogen and oxygen atoms in total. The average molecular weight is 409 g/mol. The molecule has 0 bridgehead atoms. The first-order valence-electron chi connectivity index (χ1n) is 8.16. The summed E-state index contributed by atoms with van der Waals surface area (Å²) in [7, 11) is 0. The molecule has 1 heterocycles. The van der Waals surface area contributed by atoms with Crippen LogP contribution >= 0.6 is 23.2 Å². The number of hydrogen-bond acceptors (Lipinski definition) is 5. The lowest BCUT2D eigenvalue weighted by Crippen LogP contribution is -2.24. The highest BCUT2D eigenvalue weighted by atomic mass is 35.5. The Bertz CT molecular complexity index is 867. The molecular formula is C19H18Cl2N2O4. The summed E-state index contributed by atoms with van der Waals surface area (Å²) in [6, 6.07) is 7.67. The quantitative estimate of drug-likeness (QED) is 0.434. The predicted molar refractivity (Wildman–Crippen MR) is 103 cm³/mol. The van der Waals surface area contributed by atoms with Crippen molar-refractivity contribution < 1.29 is 19.1 Å². The van der Waals surface area contributed by atoms with Gasteiger partial charge in [-0.3, -0.25) is 9.59 Å². The first-order chi connectivity index (χ1) is 12.7. The summed E-state index contributed by atoms with van der Waals surface area (Å²) in [6.45, 7) is 5.04. The van der Waals surface area contributed by atoms with E-state index in [9.17, 15) is 14.4 Å². The average Bonchev–Trinajstić information content (AvgIpc) is 2.63. The first kappa shape index (κ1) is 20.9. The van der Waals surface area contributed by atoms with E-state index >= 15 is 0 Å². The highest BCUT2D eigenvalue weighted by Crippen LogP contribution is 2.21. The molecule has 2 rings (SSSR count). The number of nitrogens with zero attached hydrogens (tertiary/aromatic N) is 1. The number of hydrogen-bond donors (Lipinski definition) is 1. The van der Waals surface area contributed by atoms with E-state index < -0.39 is 12.1 Å². The lowest BCUT2D eigenvalue weighted by molar-refractivity contribution is -0.118. The van der Waals surface area contributed by atoms with E-state index in [1.165, 1.54) is 19.2 Å². The summed E-state index contributed by atoms with van der Waals surface area (Å²) >= 11 is 11.5. The van der Waals surface area contributed by atoms with Crippen molar-refractivity contribution in [3.05, 3.63) is 57.8 Å². The Morgan fingerprint density at radius 2 is 1.67 bits per heavy atom. The summed E-state index contributed by atoms with van der Waals surface area (Å²) in [5, 5.41) is 2.92. The Labute approximate surface area is 166 Å². The van der Waals surface area contributed by atoms with Gasteiger partial charge in [-0.05, 0) is 37.3 Å². The number of esters is 1. The van der Waals surface area contributed by atoms with Crippen molar-refractivity contribution in [2.24, 2.45) is 5.92 Å². The van der Waals surface area contributed by atoms with Crippen molar-refractivity contribution in [2.75, 3.05) is 5.32 Å². The van der Waals surface area contributed by atoms with Crippen LogP contribution in [0.2, 0.25) is 10.2 Å². The maximum absolute atomic E-state index is 12.4. The third-order valence-corrected chi connectivity index (χ3v) is 4.33. The molecule has 1 aromatic carbocycles. The van der Waals surface area contributed by atoms with Crippen molar-refractivity contribution in [1.29, 1.82) is 0 Å². The van der Waals surface area contributed by atoms with Crippen molar-refractivity contribution in [3.63, 3.8) is 0 Å². The van der Waals surface area contributed by atoms with E-state index in [0.717, 1.165) is 0 Å². The van der Waals surface area contributed by atoms with Crippen LogP contribution in [0.4, 0.5) is 5.69 Å². The minimum Gasteiger partial charge on any atom is -0.451 e. The molecule has 0 aliphatic heterocycles. The number of anilines is 1. The summed E-state index contributed by atoms with van der Waals surface area (Å²) in [4.78, 5) is 40.0. The maximum Gasteiger partial charge on any atom is 0.340 e. The van der Waals surface area contributed by atoms with E-state index in [2.05, 4.69) is 10.3 Å². The number of carbonyl (C=O) groups is 3. The van der Waals surface area contributed by atoms with E-state index in [1.807, 2.05) is 0 Å². The smallest absolute Gasteiger partial charge is 0.340 e. The summed E-state index contributed by atoms with van der Waals surface area (Å²) < 4.78 is 5.17. The third-order valence-electron chi connectivity index (χ3n) is 3.65. The number of halogens is 2. The van der Waals surface area contributed by atoms with E-state index in [1.54, 1.807) is 38.1 Å². The molecule has 8 heteroatoms. The molecule has 0 radical (unpaired) electrons.